The fourth-order valence-corrected chi connectivity index (χ4v) is 3.70. The lowest BCUT2D eigenvalue weighted by atomic mass is 9.74. The highest BCUT2D eigenvalue weighted by molar-refractivity contribution is 4.93. The lowest BCUT2D eigenvalue weighted by Gasteiger charge is -2.45. The van der Waals surface area contributed by atoms with Crippen LogP contribution in [0.5, 0.6) is 0 Å². The average molecular weight is 255 g/mol. The van der Waals surface area contributed by atoms with Gasteiger partial charge in [-0.3, -0.25) is 0 Å². The van der Waals surface area contributed by atoms with Crippen LogP contribution in [0.1, 0.15) is 52.4 Å². The molecule has 2 fully saturated rings. The van der Waals surface area contributed by atoms with Crippen LogP contribution < -0.4 is 5.73 Å². The van der Waals surface area contributed by atoms with Crippen molar-refractivity contribution in [3.05, 3.63) is 0 Å². The molecule has 0 aliphatic carbocycles. The zero-order valence-electron chi connectivity index (χ0n) is 12.0. The van der Waals surface area contributed by atoms with Gasteiger partial charge in [0, 0.05) is 25.9 Å². The zero-order valence-corrected chi connectivity index (χ0v) is 12.0. The highest BCUT2D eigenvalue weighted by Gasteiger charge is 2.41. The van der Waals surface area contributed by atoms with E-state index in [1.807, 2.05) is 0 Å². The second-order valence-electron chi connectivity index (χ2n) is 6.05. The van der Waals surface area contributed by atoms with Crippen LogP contribution in [0.25, 0.3) is 0 Å². The summed E-state index contributed by atoms with van der Waals surface area (Å²) in [6.45, 7) is 7.12. The fraction of sp³-hybridized carbons (Fsp3) is 1.00. The first kappa shape index (κ1) is 14.3. The Kier molecular flexibility index (Phi) is 5.05. The van der Waals surface area contributed by atoms with Crippen LogP contribution >= 0.6 is 0 Å². The van der Waals surface area contributed by atoms with Crippen molar-refractivity contribution in [2.75, 3.05) is 19.8 Å². The molecule has 0 aromatic carbocycles. The van der Waals surface area contributed by atoms with Gasteiger partial charge in [0.25, 0.3) is 0 Å². The van der Waals surface area contributed by atoms with E-state index in [1.165, 1.54) is 12.8 Å². The first-order valence-corrected chi connectivity index (χ1v) is 7.68. The zero-order chi connectivity index (χ0) is 13.0. The summed E-state index contributed by atoms with van der Waals surface area (Å²) in [4.78, 5) is 0. The van der Waals surface area contributed by atoms with E-state index in [0.717, 1.165) is 45.5 Å². The molecule has 0 aromatic rings. The van der Waals surface area contributed by atoms with Gasteiger partial charge in [-0.05, 0) is 37.5 Å². The van der Waals surface area contributed by atoms with Crippen molar-refractivity contribution < 1.29 is 9.47 Å². The van der Waals surface area contributed by atoms with Gasteiger partial charge in [-0.25, -0.2) is 0 Å². The number of hydrogen-bond donors (Lipinski definition) is 1. The van der Waals surface area contributed by atoms with Crippen LogP contribution in [0, 0.1) is 11.8 Å². The molecule has 0 saturated carbocycles. The predicted molar refractivity (Wildman–Crippen MR) is 73.5 cm³/mol. The van der Waals surface area contributed by atoms with E-state index < -0.39 is 0 Å². The average Bonchev–Trinajstić information content (AvgIpc) is 2.41. The second-order valence-corrected chi connectivity index (χ2v) is 6.05. The highest BCUT2D eigenvalue weighted by atomic mass is 16.5. The third kappa shape index (κ3) is 3.06. The highest BCUT2D eigenvalue weighted by Crippen LogP contribution is 2.39. The third-order valence-electron chi connectivity index (χ3n) is 5.07. The molecule has 1 spiro atoms. The number of rotatable bonds is 4. The summed E-state index contributed by atoms with van der Waals surface area (Å²) in [5.74, 6) is 1.31. The Morgan fingerprint density at radius 2 is 1.83 bits per heavy atom. The molecule has 0 bridgehead atoms. The van der Waals surface area contributed by atoms with E-state index in [4.69, 9.17) is 15.2 Å². The number of nitrogens with two attached hydrogens (primary N) is 1. The summed E-state index contributed by atoms with van der Waals surface area (Å²) in [6.07, 6.45) is 6.79. The Bertz CT molecular complexity index is 241. The number of hydrogen-bond acceptors (Lipinski definition) is 3. The Morgan fingerprint density at radius 3 is 2.44 bits per heavy atom. The van der Waals surface area contributed by atoms with Crippen molar-refractivity contribution in [3.63, 3.8) is 0 Å². The SMILES string of the molecule is CCC(CC)C(N)C1CCOC2(CCOCC2)C1. The molecule has 3 heteroatoms. The number of ether oxygens (including phenoxy) is 2. The lowest BCUT2D eigenvalue weighted by Crippen LogP contribution is -2.49. The molecular weight excluding hydrogens is 226 g/mol. The topological polar surface area (TPSA) is 44.5 Å². The van der Waals surface area contributed by atoms with E-state index in [0.29, 0.717) is 17.9 Å². The molecule has 2 saturated heterocycles. The lowest BCUT2D eigenvalue weighted by molar-refractivity contribution is -0.150. The van der Waals surface area contributed by atoms with Crippen LogP contribution in [0.15, 0.2) is 0 Å². The van der Waals surface area contributed by atoms with Crippen molar-refractivity contribution in [2.45, 2.75) is 64.0 Å². The molecule has 2 unspecified atom stereocenters. The molecular formula is C15H29NO2. The molecule has 106 valence electrons. The Morgan fingerprint density at radius 1 is 1.17 bits per heavy atom. The minimum Gasteiger partial charge on any atom is -0.381 e. The van der Waals surface area contributed by atoms with E-state index >= 15 is 0 Å². The van der Waals surface area contributed by atoms with Crippen LogP contribution in [-0.4, -0.2) is 31.5 Å². The van der Waals surface area contributed by atoms with E-state index in [1.54, 1.807) is 0 Å². The van der Waals surface area contributed by atoms with Crippen LogP contribution in [0.4, 0.5) is 0 Å². The molecule has 2 aliphatic rings. The van der Waals surface area contributed by atoms with Crippen molar-refractivity contribution >= 4 is 0 Å². The first-order valence-electron chi connectivity index (χ1n) is 7.68. The van der Waals surface area contributed by atoms with E-state index in [-0.39, 0.29) is 5.60 Å². The van der Waals surface area contributed by atoms with Gasteiger partial charge in [-0.2, -0.15) is 0 Å². The molecule has 2 N–H and O–H groups in total. The maximum atomic E-state index is 6.52. The van der Waals surface area contributed by atoms with Crippen LogP contribution in [0.2, 0.25) is 0 Å². The quantitative estimate of drug-likeness (QED) is 0.840. The smallest absolute Gasteiger partial charge is 0.0729 e. The summed E-state index contributed by atoms with van der Waals surface area (Å²) in [7, 11) is 0. The molecule has 2 atom stereocenters. The minimum atomic E-state index is 0.0881. The minimum absolute atomic E-state index is 0.0881. The molecule has 0 radical (unpaired) electrons. The van der Waals surface area contributed by atoms with Crippen LogP contribution in [-0.2, 0) is 9.47 Å². The Labute approximate surface area is 111 Å². The summed E-state index contributed by atoms with van der Waals surface area (Å²) in [6, 6.07) is 0.351. The second kappa shape index (κ2) is 6.36. The van der Waals surface area contributed by atoms with Crippen molar-refractivity contribution in [2.24, 2.45) is 17.6 Å². The molecule has 2 aliphatic heterocycles. The van der Waals surface area contributed by atoms with Crippen molar-refractivity contribution in [1.82, 2.24) is 0 Å². The van der Waals surface area contributed by atoms with Gasteiger partial charge >= 0.3 is 0 Å². The van der Waals surface area contributed by atoms with Crippen molar-refractivity contribution in [3.8, 4) is 0 Å². The Hall–Kier alpha value is -0.120. The monoisotopic (exact) mass is 255 g/mol. The largest absolute Gasteiger partial charge is 0.381 e. The first-order chi connectivity index (χ1) is 8.71. The van der Waals surface area contributed by atoms with Gasteiger partial charge in [-0.1, -0.05) is 26.7 Å². The molecule has 3 nitrogen and oxygen atoms in total. The summed E-state index contributed by atoms with van der Waals surface area (Å²) in [5.41, 5.74) is 6.61. The standard InChI is InChI=1S/C15H29NO2/c1-3-12(4-2)14(16)13-5-8-18-15(11-13)6-9-17-10-7-15/h12-14H,3-11,16H2,1-2H3. The maximum Gasteiger partial charge on any atom is 0.0729 e. The van der Waals surface area contributed by atoms with Gasteiger partial charge in [0.05, 0.1) is 5.60 Å². The fourth-order valence-electron chi connectivity index (χ4n) is 3.70. The molecule has 2 rings (SSSR count). The summed E-state index contributed by atoms with van der Waals surface area (Å²) in [5, 5.41) is 0. The summed E-state index contributed by atoms with van der Waals surface area (Å²) < 4.78 is 11.6. The van der Waals surface area contributed by atoms with Gasteiger partial charge < -0.3 is 15.2 Å². The molecule has 0 aromatic heterocycles. The normalized spacial score (nSPS) is 29.7. The van der Waals surface area contributed by atoms with Gasteiger partial charge in [0.1, 0.15) is 0 Å². The third-order valence-corrected chi connectivity index (χ3v) is 5.07. The molecule has 0 amide bonds. The van der Waals surface area contributed by atoms with E-state index in [2.05, 4.69) is 13.8 Å². The molecule has 18 heavy (non-hydrogen) atoms. The predicted octanol–water partition coefficient (Wildman–Crippen LogP) is 2.73. The maximum absolute atomic E-state index is 6.52. The Balaban J connectivity index is 1.97. The molecule has 2 heterocycles. The van der Waals surface area contributed by atoms with Gasteiger partial charge in [0.2, 0.25) is 0 Å². The van der Waals surface area contributed by atoms with Gasteiger partial charge in [-0.15, -0.1) is 0 Å². The summed E-state index contributed by atoms with van der Waals surface area (Å²) >= 11 is 0. The van der Waals surface area contributed by atoms with Crippen molar-refractivity contribution in [1.29, 1.82) is 0 Å². The van der Waals surface area contributed by atoms with Crippen LogP contribution in [0.3, 0.4) is 0 Å². The van der Waals surface area contributed by atoms with Gasteiger partial charge in [0.15, 0.2) is 0 Å². The van der Waals surface area contributed by atoms with E-state index in [9.17, 15) is 0 Å².